The summed E-state index contributed by atoms with van der Waals surface area (Å²) in [5, 5.41) is 3.20. The van der Waals surface area contributed by atoms with Gasteiger partial charge in [0.15, 0.2) is 0 Å². The highest BCUT2D eigenvalue weighted by Crippen LogP contribution is 2.20. The normalized spacial score (nSPS) is 12.8. The molecule has 0 saturated heterocycles. The molecule has 0 fully saturated rings. The van der Waals surface area contributed by atoms with E-state index < -0.39 is 0 Å². The third-order valence-electron chi connectivity index (χ3n) is 2.84. The maximum atomic E-state index is 5.73. The first kappa shape index (κ1) is 13.0. The van der Waals surface area contributed by atoms with E-state index in [1.165, 1.54) is 5.56 Å². The van der Waals surface area contributed by atoms with Crippen molar-refractivity contribution in [1.29, 1.82) is 0 Å². The van der Waals surface area contributed by atoms with Gasteiger partial charge in [-0.3, -0.25) is 0 Å². The number of ether oxygens (including phenoxy) is 1. The maximum absolute atomic E-state index is 5.73. The molecule has 90 valence electrons. The van der Waals surface area contributed by atoms with Crippen molar-refractivity contribution < 1.29 is 4.74 Å². The third-order valence-corrected chi connectivity index (χ3v) is 2.84. The van der Waals surface area contributed by atoms with Crippen LogP contribution in [0.25, 0.3) is 0 Å². The Balaban J connectivity index is 2.45. The lowest BCUT2D eigenvalue weighted by Crippen LogP contribution is -2.23. The maximum Gasteiger partial charge on any atom is 0.119 e. The molecule has 2 heteroatoms. The molecule has 0 bridgehead atoms. The van der Waals surface area contributed by atoms with Crippen LogP contribution in [0, 0.1) is 0 Å². The summed E-state index contributed by atoms with van der Waals surface area (Å²) < 4.78 is 5.73. The first-order valence-electron chi connectivity index (χ1n) is 6.03. The number of hydrogen-bond donors (Lipinski definition) is 1. The van der Waals surface area contributed by atoms with E-state index in [0.29, 0.717) is 12.0 Å². The summed E-state index contributed by atoms with van der Waals surface area (Å²) in [6, 6.07) is 8.87. The molecule has 0 heterocycles. The van der Waals surface area contributed by atoms with Crippen LogP contribution in [-0.4, -0.2) is 19.7 Å². The van der Waals surface area contributed by atoms with E-state index in [2.05, 4.69) is 44.3 Å². The van der Waals surface area contributed by atoms with Crippen LogP contribution < -0.4 is 10.1 Å². The predicted molar refractivity (Wildman–Crippen MR) is 69.2 cm³/mol. The van der Waals surface area contributed by atoms with Gasteiger partial charge in [-0.15, -0.1) is 0 Å². The standard InChI is InChI=1S/C14H23NO/c1-11(2)13-6-5-7-14(10-13)16-9-8-12(3)15-4/h5-7,10-12,15H,8-9H2,1-4H3. The molecule has 16 heavy (non-hydrogen) atoms. The Morgan fingerprint density at radius 3 is 2.62 bits per heavy atom. The number of hydrogen-bond acceptors (Lipinski definition) is 2. The van der Waals surface area contributed by atoms with Crippen molar-refractivity contribution in [3.05, 3.63) is 29.8 Å². The van der Waals surface area contributed by atoms with Crippen molar-refractivity contribution in [3.8, 4) is 5.75 Å². The fourth-order valence-electron chi connectivity index (χ4n) is 1.46. The summed E-state index contributed by atoms with van der Waals surface area (Å²) in [5.74, 6) is 1.54. The summed E-state index contributed by atoms with van der Waals surface area (Å²) in [4.78, 5) is 0. The van der Waals surface area contributed by atoms with Crippen molar-refractivity contribution >= 4 is 0 Å². The number of nitrogens with one attached hydrogen (secondary N) is 1. The second kappa shape index (κ2) is 6.54. The lowest BCUT2D eigenvalue weighted by Gasteiger charge is -2.12. The van der Waals surface area contributed by atoms with E-state index in [0.717, 1.165) is 18.8 Å². The Bertz CT molecular complexity index is 309. The summed E-state index contributed by atoms with van der Waals surface area (Å²) in [5.41, 5.74) is 1.33. The molecule has 1 aromatic rings. The van der Waals surface area contributed by atoms with Crippen LogP contribution >= 0.6 is 0 Å². The van der Waals surface area contributed by atoms with E-state index >= 15 is 0 Å². The molecule has 1 N–H and O–H groups in total. The molecular formula is C14H23NO. The second-order valence-corrected chi connectivity index (χ2v) is 4.55. The highest BCUT2D eigenvalue weighted by molar-refractivity contribution is 5.30. The minimum Gasteiger partial charge on any atom is -0.494 e. The van der Waals surface area contributed by atoms with Gasteiger partial charge in [0.1, 0.15) is 5.75 Å². The fraction of sp³-hybridized carbons (Fsp3) is 0.571. The Hall–Kier alpha value is -1.02. The SMILES string of the molecule is CNC(C)CCOc1cccc(C(C)C)c1. The van der Waals surface area contributed by atoms with Crippen LogP contribution in [0.4, 0.5) is 0 Å². The highest BCUT2D eigenvalue weighted by atomic mass is 16.5. The van der Waals surface area contributed by atoms with Gasteiger partial charge in [-0.05, 0) is 44.0 Å². The minimum absolute atomic E-state index is 0.508. The van der Waals surface area contributed by atoms with Gasteiger partial charge in [0.05, 0.1) is 6.61 Å². The van der Waals surface area contributed by atoms with Crippen LogP contribution in [0.5, 0.6) is 5.75 Å². The van der Waals surface area contributed by atoms with Gasteiger partial charge in [-0.2, -0.15) is 0 Å². The lowest BCUT2D eigenvalue weighted by molar-refractivity contribution is 0.293. The molecule has 0 aliphatic heterocycles. The van der Waals surface area contributed by atoms with Gasteiger partial charge in [-0.25, -0.2) is 0 Å². The van der Waals surface area contributed by atoms with Crippen LogP contribution in [0.2, 0.25) is 0 Å². The molecule has 0 radical (unpaired) electrons. The molecule has 1 rings (SSSR count). The van der Waals surface area contributed by atoms with Crippen LogP contribution in [-0.2, 0) is 0 Å². The first-order valence-corrected chi connectivity index (χ1v) is 6.03. The van der Waals surface area contributed by atoms with Crippen molar-refractivity contribution in [2.75, 3.05) is 13.7 Å². The number of rotatable bonds is 6. The van der Waals surface area contributed by atoms with Gasteiger partial charge in [0.2, 0.25) is 0 Å². The van der Waals surface area contributed by atoms with Gasteiger partial charge in [-0.1, -0.05) is 26.0 Å². The third kappa shape index (κ3) is 4.23. The zero-order chi connectivity index (χ0) is 12.0. The molecule has 2 nitrogen and oxygen atoms in total. The van der Waals surface area contributed by atoms with Gasteiger partial charge in [0.25, 0.3) is 0 Å². The Morgan fingerprint density at radius 2 is 2.00 bits per heavy atom. The van der Waals surface area contributed by atoms with E-state index in [1.54, 1.807) is 0 Å². The van der Waals surface area contributed by atoms with E-state index in [1.807, 2.05) is 13.1 Å². The zero-order valence-corrected chi connectivity index (χ0v) is 10.8. The number of benzene rings is 1. The Kier molecular flexibility index (Phi) is 5.33. The molecule has 0 aliphatic rings. The van der Waals surface area contributed by atoms with Crippen molar-refractivity contribution in [2.24, 2.45) is 0 Å². The van der Waals surface area contributed by atoms with Gasteiger partial charge < -0.3 is 10.1 Å². The summed E-state index contributed by atoms with van der Waals surface area (Å²) in [7, 11) is 1.98. The van der Waals surface area contributed by atoms with Crippen molar-refractivity contribution in [1.82, 2.24) is 5.32 Å². The molecule has 0 amide bonds. The van der Waals surface area contributed by atoms with E-state index in [4.69, 9.17) is 4.74 Å². The Labute approximate surface area is 99.0 Å². The molecule has 1 atom stereocenters. The fourth-order valence-corrected chi connectivity index (χ4v) is 1.46. The predicted octanol–water partition coefficient (Wildman–Crippen LogP) is 3.19. The topological polar surface area (TPSA) is 21.3 Å². The molecule has 0 spiro atoms. The van der Waals surface area contributed by atoms with E-state index in [-0.39, 0.29) is 0 Å². The summed E-state index contributed by atoms with van der Waals surface area (Å²) >= 11 is 0. The molecule has 1 aromatic carbocycles. The molecule has 1 unspecified atom stereocenters. The smallest absolute Gasteiger partial charge is 0.119 e. The minimum atomic E-state index is 0.508. The quantitative estimate of drug-likeness (QED) is 0.796. The van der Waals surface area contributed by atoms with Crippen LogP contribution in [0.1, 0.15) is 38.7 Å². The van der Waals surface area contributed by atoms with Crippen LogP contribution in [0.15, 0.2) is 24.3 Å². The average molecular weight is 221 g/mol. The lowest BCUT2D eigenvalue weighted by atomic mass is 10.0. The average Bonchev–Trinajstić information content (AvgIpc) is 2.29. The van der Waals surface area contributed by atoms with Gasteiger partial charge in [0, 0.05) is 6.04 Å². The van der Waals surface area contributed by atoms with Crippen molar-refractivity contribution in [2.45, 2.75) is 39.2 Å². The van der Waals surface area contributed by atoms with Gasteiger partial charge >= 0.3 is 0 Å². The summed E-state index contributed by atoms with van der Waals surface area (Å²) in [6.07, 6.45) is 1.03. The molecular weight excluding hydrogens is 198 g/mol. The molecule has 0 saturated carbocycles. The molecule has 0 aliphatic carbocycles. The summed E-state index contributed by atoms with van der Waals surface area (Å²) in [6.45, 7) is 7.32. The monoisotopic (exact) mass is 221 g/mol. The zero-order valence-electron chi connectivity index (χ0n) is 10.8. The Morgan fingerprint density at radius 1 is 1.25 bits per heavy atom. The second-order valence-electron chi connectivity index (χ2n) is 4.55. The van der Waals surface area contributed by atoms with Crippen molar-refractivity contribution in [3.63, 3.8) is 0 Å². The first-order chi connectivity index (χ1) is 7.63. The highest BCUT2D eigenvalue weighted by Gasteiger charge is 2.02. The largest absolute Gasteiger partial charge is 0.494 e. The van der Waals surface area contributed by atoms with Crippen LogP contribution in [0.3, 0.4) is 0 Å². The molecule has 0 aromatic heterocycles. The van der Waals surface area contributed by atoms with E-state index in [9.17, 15) is 0 Å².